The molecule has 2 aliphatic carbocycles. The number of allylic oxidation sites excluding steroid dienone is 1. The van der Waals surface area contributed by atoms with Gasteiger partial charge in [0.15, 0.2) is 0 Å². The van der Waals surface area contributed by atoms with Gasteiger partial charge in [0.05, 0.1) is 12.4 Å². The summed E-state index contributed by atoms with van der Waals surface area (Å²) in [5.74, 6) is 0.458. The molecule has 0 aliphatic heterocycles. The first kappa shape index (κ1) is 20.0. The second-order valence-electron chi connectivity index (χ2n) is 7.69. The van der Waals surface area contributed by atoms with Crippen molar-refractivity contribution >= 4 is 38.9 Å². The second-order valence-corrected chi connectivity index (χ2v) is 9.57. The quantitative estimate of drug-likeness (QED) is 0.610. The molecule has 1 unspecified atom stereocenters. The van der Waals surface area contributed by atoms with Crippen LogP contribution in [0.1, 0.15) is 44.1 Å². The number of H-pyrrole nitrogens is 1. The Kier molecular flexibility index (Phi) is 5.69. The summed E-state index contributed by atoms with van der Waals surface area (Å²) in [4.78, 5) is 21.0. The van der Waals surface area contributed by atoms with Gasteiger partial charge < -0.3 is 4.98 Å². The average Bonchev–Trinajstić information content (AvgIpc) is 3.42. The van der Waals surface area contributed by atoms with Crippen molar-refractivity contribution < 1.29 is 17.6 Å². The topological polar surface area (TPSA) is 95.2 Å². The molecule has 0 radical (unpaired) electrons. The highest BCUT2D eigenvalue weighted by molar-refractivity contribution is 7.89. The molecule has 1 amide bonds. The SMILES string of the molecule is O=CN(c1cc(C2=CCC(NS(=O)(=O)CCCF)CC2)c2cc[nH]c2n1)C1CC1. The van der Waals surface area contributed by atoms with Gasteiger partial charge in [0, 0.05) is 23.7 Å². The lowest BCUT2D eigenvalue weighted by Gasteiger charge is -2.24. The normalized spacial score (nSPS) is 19.9. The van der Waals surface area contributed by atoms with Gasteiger partial charge in [0.2, 0.25) is 16.4 Å². The van der Waals surface area contributed by atoms with Crippen molar-refractivity contribution in [2.45, 2.75) is 50.6 Å². The molecule has 156 valence electrons. The van der Waals surface area contributed by atoms with Crippen LogP contribution in [0.15, 0.2) is 24.4 Å². The molecule has 2 heterocycles. The van der Waals surface area contributed by atoms with E-state index in [1.807, 2.05) is 18.3 Å². The van der Waals surface area contributed by atoms with Crippen molar-refractivity contribution in [1.82, 2.24) is 14.7 Å². The summed E-state index contributed by atoms with van der Waals surface area (Å²) in [6.07, 6.45) is 8.69. The minimum atomic E-state index is -3.45. The smallest absolute Gasteiger partial charge is 0.215 e. The van der Waals surface area contributed by atoms with Crippen molar-refractivity contribution in [2.75, 3.05) is 17.3 Å². The first-order chi connectivity index (χ1) is 14.0. The van der Waals surface area contributed by atoms with Gasteiger partial charge in [0.1, 0.15) is 11.5 Å². The van der Waals surface area contributed by atoms with Crippen LogP contribution < -0.4 is 9.62 Å². The zero-order chi connectivity index (χ0) is 20.4. The van der Waals surface area contributed by atoms with Crippen LogP contribution in [0.25, 0.3) is 16.6 Å². The minimum absolute atomic E-state index is 0.0165. The number of halogens is 1. The number of sulfonamides is 1. The van der Waals surface area contributed by atoms with Crippen LogP contribution in [-0.2, 0) is 14.8 Å². The molecule has 0 spiro atoms. The van der Waals surface area contributed by atoms with Gasteiger partial charge in [-0.25, -0.2) is 18.1 Å². The second kappa shape index (κ2) is 8.23. The number of nitrogens with one attached hydrogen (secondary N) is 2. The predicted molar refractivity (Wildman–Crippen MR) is 111 cm³/mol. The van der Waals surface area contributed by atoms with Crippen LogP contribution in [0.3, 0.4) is 0 Å². The maximum atomic E-state index is 12.3. The van der Waals surface area contributed by atoms with Crippen LogP contribution in [0, 0.1) is 0 Å². The van der Waals surface area contributed by atoms with Crippen LogP contribution in [-0.4, -0.2) is 49.3 Å². The van der Waals surface area contributed by atoms with Gasteiger partial charge in [-0.15, -0.1) is 0 Å². The van der Waals surface area contributed by atoms with Crippen molar-refractivity contribution in [3.05, 3.63) is 30.0 Å². The summed E-state index contributed by atoms with van der Waals surface area (Å²) >= 11 is 0. The van der Waals surface area contributed by atoms with E-state index in [0.29, 0.717) is 25.1 Å². The van der Waals surface area contributed by atoms with Crippen LogP contribution in [0.5, 0.6) is 0 Å². The molecule has 1 atom stereocenters. The van der Waals surface area contributed by atoms with E-state index >= 15 is 0 Å². The van der Waals surface area contributed by atoms with E-state index in [0.717, 1.165) is 41.4 Å². The van der Waals surface area contributed by atoms with Crippen LogP contribution in [0.4, 0.5) is 10.2 Å². The van der Waals surface area contributed by atoms with Crippen LogP contribution >= 0.6 is 0 Å². The third-order valence-electron chi connectivity index (χ3n) is 5.48. The number of carbonyl (C=O) groups excluding carboxylic acids is 1. The summed E-state index contributed by atoms with van der Waals surface area (Å²) in [6.45, 7) is -0.634. The zero-order valence-corrected chi connectivity index (χ0v) is 16.9. The van der Waals surface area contributed by atoms with Gasteiger partial charge in [-0.3, -0.25) is 14.1 Å². The van der Waals surface area contributed by atoms with E-state index in [2.05, 4.69) is 20.8 Å². The third kappa shape index (κ3) is 4.51. The fraction of sp³-hybridized carbons (Fsp3) is 0.500. The number of nitrogens with zero attached hydrogens (tertiary/aromatic N) is 2. The van der Waals surface area contributed by atoms with E-state index in [-0.39, 0.29) is 24.3 Å². The van der Waals surface area contributed by atoms with Crippen molar-refractivity contribution in [1.29, 1.82) is 0 Å². The molecule has 2 aromatic heterocycles. The molecule has 0 aromatic carbocycles. The number of alkyl halides is 1. The maximum Gasteiger partial charge on any atom is 0.215 e. The number of hydrogen-bond donors (Lipinski definition) is 2. The first-order valence-corrected chi connectivity index (χ1v) is 11.6. The molecular formula is C20H25FN4O3S. The summed E-state index contributed by atoms with van der Waals surface area (Å²) in [5, 5.41) is 0.989. The molecule has 29 heavy (non-hydrogen) atoms. The predicted octanol–water partition coefficient (Wildman–Crippen LogP) is 2.90. The summed E-state index contributed by atoms with van der Waals surface area (Å²) in [7, 11) is -3.45. The Hall–Kier alpha value is -2.26. The largest absolute Gasteiger partial charge is 0.346 e. The van der Waals surface area contributed by atoms with E-state index in [1.165, 1.54) is 0 Å². The molecule has 2 aliphatic rings. The average molecular weight is 421 g/mol. The molecule has 2 N–H and O–H groups in total. The lowest BCUT2D eigenvalue weighted by molar-refractivity contribution is -0.107. The molecule has 1 fully saturated rings. The molecule has 0 saturated heterocycles. The molecule has 4 rings (SSSR count). The Morgan fingerprint density at radius 2 is 2.17 bits per heavy atom. The Balaban J connectivity index is 1.56. The number of fused-ring (bicyclic) bond motifs is 1. The Morgan fingerprint density at radius 1 is 1.34 bits per heavy atom. The van der Waals surface area contributed by atoms with Crippen LogP contribution in [0.2, 0.25) is 0 Å². The number of amides is 1. The number of rotatable bonds is 9. The van der Waals surface area contributed by atoms with Crippen molar-refractivity contribution in [3.63, 3.8) is 0 Å². The van der Waals surface area contributed by atoms with E-state index < -0.39 is 16.7 Å². The fourth-order valence-corrected chi connectivity index (χ4v) is 5.17. The Labute approximate surface area is 169 Å². The highest BCUT2D eigenvalue weighted by Crippen LogP contribution is 2.36. The summed E-state index contributed by atoms with van der Waals surface area (Å²) < 4.78 is 39.0. The number of aromatic amines is 1. The van der Waals surface area contributed by atoms with Gasteiger partial charge in [0.25, 0.3) is 0 Å². The standard InChI is InChI=1S/C20H25FN4O3S/c21-9-1-11-29(27,28)24-15-4-2-14(3-5-15)18-12-19(25(13-26)16-6-7-16)23-20-17(18)8-10-22-20/h2,8,10,12-13,15-16,24H,1,3-7,9,11H2,(H,22,23). The summed E-state index contributed by atoms with van der Waals surface area (Å²) in [5.41, 5.74) is 2.89. The molecule has 0 bridgehead atoms. The van der Waals surface area contributed by atoms with Gasteiger partial charge in [-0.1, -0.05) is 6.08 Å². The molecule has 7 nitrogen and oxygen atoms in total. The molecular weight excluding hydrogens is 395 g/mol. The highest BCUT2D eigenvalue weighted by atomic mass is 32.2. The van der Waals surface area contributed by atoms with E-state index in [1.54, 1.807) is 4.90 Å². The zero-order valence-electron chi connectivity index (χ0n) is 16.1. The Morgan fingerprint density at radius 3 is 2.83 bits per heavy atom. The summed E-state index contributed by atoms with van der Waals surface area (Å²) in [6, 6.07) is 3.98. The Bertz CT molecular complexity index is 1030. The maximum absolute atomic E-state index is 12.3. The first-order valence-electron chi connectivity index (χ1n) is 9.98. The number of anilines is 1. The minimum Gasteiger partial charge on any atom is -0.346 e. The van der Waals surface area contributed by atoms with E-state index in [9.17, 15) is 17.6 Å². The molecule has 9 heteroatoms. The van der Waals surface area contributed by atoms with Gasteiger partial charge in [-0.05, 0) is 61.8 Å². The fourth-order valence-electron chi connectivity index (χ4n) is 3.85. The third-order valence-corrected chi connectivity index (χ3v) is 7.00. The lowest BCUT2D eigenvalue weighted by atomic mass is 9.90. The number of carbonyl (C=O) groups is 1. The number of hydrogen-bond acceptors (Lipinski definition) is 4. The van der Waals surface area contributed by atoms with Gasteiger partial charge in [-0.2, -0.15) is 0 Å². The number of aromatic nitrogens is 2. The van der Waals surface area contributed by atoms with Gasteiger partial charge >= 0.3 is 0 Å². The number of pyridine rings is 1. The molecule has 1 saturated carbocycles. The highest BCUT2D eigenvalue weighted by Gasteiger charge is 2.31. The van der Waals surface area contributed by atoms with E-state index in [4.69, 9.17) is 0 Å². The lowest BCUT2D eigenvalue weighted by Crippen LogP contribution is -2.37. The van der Waals surface area contributed by atoms with Crippen molar-refractivity contribution in [2.24, 2.45) is 0 Å². The van der Waals surface area contributed by atoms with Crippen molar-refractivity contribution in [3.8, 4) is 0 Å². The monoisotopic (exact) mass is 420 g/mol. The molecule has 2 aromatic rings.